The molecule has 0 amide bonds. The lowest BCUT2D eigenvalue weighted by Crippen LogP contribution is -2.12. The fraction of sp³-hybridized carbons (Fsp3) is 0.188. The number of nitrogens with zero attached hydrogens (tertiary/aromatic N) is 4. The summed E-state index contributed by atoms with van der Waals surface area (Å²) >= 11 is 0. The van der Waals surface area contributed by atoms with E-state index in [-0.39, 0.29) is 0 Å². The molecule has 1 aromatic carbocycles. The Kier molecular flexibility index (Phi) is 3.64. The van der Waals surface area contributed by atoms with Crippen molar-refractivity contribution in [3.8, 4) is 0 Å². The molecule has 0 unspecified atom stereocenters. The number of aromatic nitrogens is 3. The van der Waals surface area contributed by atoms with Crippen LogP contribution >= 0.6 is 0 Å². The zero-order chi connectivity index (χ0) is 14.7. The van der Waals surface area contributed by atoms with E-state index < -0.39 is 0 Å². The molecule has 0 aliphatic carbocycles. The summed E-state index contributed by atoms with van der Waals surface area (Å²) in [5.41, 5.74) is 2.19. The first-order valence-electron chi connectivity index (χ1n) is 6.80. The van der Waals surface area contributed by atoms with Crippen molar-refractivity contribution < 1.29 is 0 Å². The van der Waals surface area contributed by atoms with Gasteiger partial charge in [0.1, 0.15) is 11.6 Å². The third-order valence-electron chi connectivity index (χ3n) is 3.27. The molecule has 0 aliphatic heterocycles. The molecule has 2 aromatic heterocycles. The Balaban J connectivity index is 1.96. The van der Waals surface area contributed by atoms with E-state index in [1.54, 1.807) is 18.6 Å². The molecule has 0 atom stereocenters. The molecular weight excluding hydrogens is 262 g/mol. The second-order valence-electron chi connectivity index (χ2n) is 5.00. The molecule has 0 saturated heterocycles. The van der Waals surface area contributed by atoms with E-state index in [0.717, 1.165) is 22.5 Å². The normalized spacial score (nSPS) is 10.6. The summed E-state index contributed by atoms with van der Waals surface area (Å²) in [6, 6.07) is 10.3. The maximum atomic E-state index is 4.66. The van der Waals surface area contributed by atoms with Crippen LogP contribution in [0.15, 0.2) is 48.9 Å². The number of hydrogen-bond donors (Lipinski definition) is 1. The van der Waals surface area contributed by atoms with Crippen molar-refractivity contribution in [2.45, 2.75) is 6.54 Å². The van der Waals surface area contributed by atoms with Crippen molar-refractivity contribution in [3.05, 3.63) is 54.5 Å². The Morgan fingerprint density at radius 3 is 2.76 bits per heavy atom. The second-order valence-corrected chi connectivity index (χ2v) is 5.00. The van der Waals surface area contributed by atoms with Crippen molar-refractivity contribution in [1.82, 2.24) is 15.0 Å². The third-order valence-corrected chi connectivity index (χ3v) is 3.27. The van der Waals surface area contributed by atoms with Crippen LogP contribution in [0.4, 0.5) is 11.6 Å². The highest BCUT2D eigenvalue weighted by atomic mass is 15.1. The van der Waals surface area contributed by atoms with E-state index in [9.17, 15) is 0 Å². The van der Waals surface area contributed by atoms with Crippen LogP contribution in [-0.4, -0.2) is 29.0 Å². The van der Waals surface area contributed by atoms with Gasteiger partial charge in [0.2, 0.25) is 0 Å². The number of nitrogens with one attached hydrogen (secondary N) is 1. The monoisotopic (exact) mass is 279 g/mol. The standard InChI is InChI=1S/C16H17N5/c1-21(2)16-9-12(10-19-15-11-17-7-8-18-15)13-5-3-4-6-14(13)20-16/h3-9,11H,10H2,1-2H3,(H,18,19). The molecule has 0 radical (unpaired) electrons. The van der Waals surface area contributed by atoms with Gasteiger partial charge in [-0.05, 0) is 17.7 Å². The number of rotatable bonds is 4. The van der Waals surface area contributed by atoms with Gasteiger partial charge in [0.05, 0.1) is 11.7 Å². The summed E-state index contributed by atoms with van der Waals surface area (Å²) in [4.78, 5) is 15.0. The van der Waals surface area contributed by atoms with E-state index >= 15 is 0 Å². The SMILES string of the molecule is CN(C)c1cc(CNc2cnccn2)c2ccccc2n1. The van der Waals surface area contributed by atoms with Crippen molar-refractivity contribution in [2.24, 2.45) is 0 Å². The summed E-state index contributed by atoms with van der Waals surface area (Å²) in [6.45, 7) is 0.683. The third kappa shape index (κ3) is 2.91. The predicted octanol–water partition coefficient (Wildman–Crippen LogP) is 2.70. The van der Waals surface area contributed by atoms with E-state index in [0.29, 0.717) is 6.54 Å². The van der Waals surface area contributed by atoms with Gasteiger partial charge in [0.25, 0.3) is 0 Å². The molecule has 5 heteroatoms. The Morgan fingerprint density at radius 1 is 1.14 bits per heavy atom. The highest BCUT2D eigenvalue weighted by Gasteiger charge is 2.07. The number of para-hydroxylation sites is 1. The van der Waals surface area contributed by atoms with Crippen LogP contribution in [0.25, 0.3) is 10.9 Å². The minimum atomic E-state index is 0.683. The highest BCUT2D eigenvalue weighted by Crippen LogP contribution is 2.22. The summed E-state index contributed by atoms with van der Waals surface area (Å²) in [7, 11) is 3.99. The fourth-order valence-corrected chi connectivity index (χ4v) is 2.18. The molecule has 2 heterocycles. The number of pyridine rings is 1. The summed E-state index contributed by atoms with van der Waals surface area (Å²) in [5.74, 6) is 1.72. The Bertz CT molecular complexity index is 740. The van der Waals surface area contributed by atoms with Crippen molar-refractivity contribution >= 4 is 22.5 Å². The largest absolute Gasteiger partial charge is 0.365 e. The minimum Gasteiger partial charge on any atom is -0.365 e. The molecule has 0 aliphatic rings. The lowest BCUT2D eigenvalue weighted by Gasteiger charge is -2.15. The van der Waals surface area contributed by atoms with Crippen LogP contribution in [0.3, 0.4) is 0 Å². The fourth-order valence-electron chi connectivity index (χ4n) is 2.18. The van der Waals surface area contributed by atoms with Gasteiger partial charge in [-0.15, -0.1) is 0 Å². The second kappa shape index (κ2) is 5.75. The molecule has 0 saturated carbocycles. The maximum Gasteiger partial charge on any atom is 0.144 e. The van der Waals surface area contributed by atoms with Crippen LogP contribution in [0, 0.1) is 0 Å². The smallest absolute Gasteiger partial charge is 0.144 e. The molecular formula is C16H17N5. The van der Waals surface area contributed by atoms with Crippen molar-refractivity contribution in [3.63, 3.8) is 0 Å². The zero-order valence-corrected chi connectivity index (χ0v) is 12.1. The summed E-state index contributed by atoms with van der Waals surface area (Å²) < 4.78 is 0. The van der Waals surface area contributed by atoms with Gasteiger partial charge in [-0.25, -0.2) is 9.97 Å². The van der Waals surface area contributed by atoms with Gasteiger partial charge in [-0.1, -0.05) is 18.2 Å². The Hall–Kier alpha value is -2.69. The van der Waals surface area contributed by atoms with Crippen molar-refractivity contribution in [2.75, 3.05) is 24.3 Å². The van der Waals surface area contributed by atoms with Crippen molar-refractivity contribution in [1.29, 1.82) is 0 Å². The first-order valence-corrected chi connectivity index (χ1v) is 6.80. The molecule has 21 heavy (non-hydrogen) atoms. The molecule has 106 valence electrons. The molecule has 0 fully saturated rings. The predicted molar refractivity (Wildman–Crippen MR) is 85.4 cm³/mol. The van der Waals surface area contributed by atoms with E-state index in [2.05, 4.69) is 32.4 Å². The first-order chi connectivity index (χ1) is 10.2. The number of anilines is 2. The average Bonchev–Trinajstić information content (AvgIpc) is 2.53. The maximum absolute atomic E-state index is 4.66. The molecule has 5 nitrogen and oxygen atoms in total. The molecule has 0 bridgehead atoms. The Labute approximate surface area is 123 Å². The van der Waals surface area contributed by atoms with Crippen LogP contribution in [0.5, 0.6) is 0 Å². The number of fused-ring (bicyclic) bond motifs is 1. The van der Waals surface area contributed by atoms with Gasteiger partial charge >= 0.3 is 0 Å². The highest BCUT2D eigenvalue weighted by molar-refractivity contribution is 5.84. The van der Waals surface area contributed by atoms with E-state index in [1.165, 1.54) is 5.56 Å². The lowest BCUT2D eigenvalue weighted by molar-refractivity contribution is 1.05. The van der Waals surface area contributed by atoms with Crippen LogP contribution in [0.1, 0.15) is 5.56 Å². The lowest BCUT2D eigenvalue weighted by atomic mass is 10.1. The molecule has 1 N–H and O–H groups in total. The topological polar surface area (TPSA) is 53.9 Å². The molecule has 0 spiro atoms. The molecule has 3 aromatic rings. The van der Waals surface area contributed by atoms with Gasteiger partial charge in [-0.2, -0.15) is 0 Å². The van der Waals surface area contributed by atoms with E-state index in [1.807, 2.05) is 37.2 Å². The first kappa shape index (κ1) is 13.3. The number of hydrogen-bond acceptors (Lipinski definition) is 5. The zero-order valence-electron chi connectivity index (χ0n) is 12.1. The van der Waals surface area contributed by atoms with Crippen LogP contribution in [0.2, 0.25) is 0 Å². The van der Waals surface area contributed by atoms with Crippen LogP contribution in [-0.2, 0) is 6.54 Å². The summed E-state index contributed by atoms with van der Waals surface area (Å²) in [6.07, 6.45) is 5.06. The number of benzene rings is 1. The Morgan fingerprint density at radius 2 is 2.00 bits per heavy atom. The van der Waals surface area contributed by atoms with Gasteiger partial charge < -0.3 is 10.2 Å². The van der Waals surface area contributed by atoms with Gasteiger partial charge in [0, 0.05) is 38.4 Å². The minimum absolute atomic E-state index is 0.683. The quantitative estimate of drug-likeness (QED) is 0.795. The van der Waals surface area contributed by atoms with E-state index in [4.69, 9.17) is 0 Å². The average molecular weight is 279 g/mol. The van der Waals surface area contributed by atoms with Gasteiger partial charge in [-0.3, -0.25) is 4.98 Å². The summed E-state index contributed by atoms with van der Waals surface area (Å²) in [5, 5.41) is 4.45. The van der Waals surface area contributed by atoms with Gasteiger partial charge in [0.15, 0.2) is 0 Å². The molecule has 3 rings (SSSR count). The van der Waals surface area contributed by atoms with Crippen LogP contribution < -0.4 is 10.2 Å².